The lowest BCUT2D eigenvalue weighted by atomic mass is 10.1. The summed E-state index contributed by atoms with van der Waals surface area (Å²) in [7, 11) is 0. The van der Waals surface area contributed by atoms with Crippen LogP contribution in [-0.4, -0.2) is 27.4 Å². The van der Waals surface area contributed by atoms with Crippen molar-refractivity contribution in [3.8, 4) is 0 Å². The maximum Gasteiger partial charge on any atom is 0.332 e. The summed E-state index contributed by atoms with van der Waals surface area (Å²) in [5.74, 6) is -2.31. The van der Waals surface area contributed by atoms with E-state index in [1.54, 1.807) is 0 Å². The van der Waals surface area contributed by atoms with E-state index in [0.717, 1.165) is 0 Å². The number of hydrogen-bond acceptors (Lipinski definition) is 3. The number of hydrogen-bond donors (Lipinski definition) is 3. The van der Waals surface area contributed by atoms with Crippen molar-refractivity contribution in [2.45, 2.75) is 11.7 Å². The van der Waals surface area contributed by atoms with Crippen LogP contribution in [0.1, 0.15) is 6.42 Å². The van der Waals surface area contributed by atoms with Crippen molar-refractivity contribution < 1.29 is 19.8 Å². The molecule has 0 amide bonds. The molecule has 0 heterocycles. The summed E-state index contributed by atoms with van der Waals surface area (Å²) in [4.78, 5) is 20.2. The second kappa shape index (κ2) is 4.02. The molecule has 0 saturated heterocycles. The lowest BCUT2D eigenvalue weighted by Gasteiger charge is -2.05. The Labute approximate surface area is 68.9 Å². The van der Waals surface area contributed by atoms with Gasteiger partial charge in [0.15, 0.2) is 0 Å². The number of carbonyl (C=O) groups is 2. The third-order valence-corrected chi connectivity index (χ3v) is 1.54. The normalized spacial score (nSPS) is 12.1. The molecule has 0 aromatic rings. The van der Waals surface area contributed by atoms with Crippen molar-refractivity contribution in [3.05, 3.63) is 12.2 Å². The molecule has 0 spiro atoms. The van der Waals surface area contributed by atoms with E-state index in [0.29, 0.717) is 0 Å². The Bertz CT molecular complexity index is 199. The standard InChI is InChI=1S/C6H8O4S/c1-3(6(9)10)4(11)2-5(7)8/h4,11H,1-2H2,(H,7,8)(H,9,10). The lowest BCUT2D eigenvalue weighted by molar-refractivity contribution is -0.136. The number of carboxylic acids is 2. The number of carboxylic acid groups (broad SMARTS) is 2. The highest BCUT2D eigenvalue weighted by molar-refractivity contribution is 7.81. The average Bonchev–Trinajstić information content (AvgIpc) is 1.84. The number of aliphatic carboxylic acids is 2. The van der Waals surface area contributed by atoms with E-state index < -0.39 is 17.2 Å². The van der Waals surface area contributed by atoms with Crippen LogP contribution in [0.15, 0.2) is 12.2 Å². The monoisotopic (exact) mass is 176 g/mol. The lowest BCUT2D eigenvalue weighted by Crippen LogP contribution is -2.15. The summed E-state index contributed by atoms with van der Waals surface area (Å²) in [6.45, 7) is 3.17. The minimum absolute atomic E-state index is 0.198. The van der Waals surface area contributed by atoms with Crippen LogP contribution < -0.4 is 0 Å². The molecule has 2 N–H and O–H groups in total. The molecule has 11 heavy (non-hydrogen) atoms. The summed E-state index contributed by atoms with van der Waals surface area (Å²) < 4.78 is 0. The molecule has 0 aromatic carbocycles. The Morgan fingerprint density at radius 2 is 1.91 bits per heavy atom. The van der Waals surface area contributed by atoms with Gasteiger partial charge in [0.1, 0.15) is 0 Å². The number of thiol groups is 1. The van der Waals surface area contributed by atoms with Gasteiger partial charge in [-0.15, -0.1) is 0 Å². The van der Waals surface area contributed by atoms with E-state index in [4.69, 9.17) is 10.2 Å². The van der Waals surface area contributed by atoms with Gasteiger partial charge in [-0.3, -0.25) is 4.79 Å². The highest BCUT2D eigenvalue weighted by atomic mass is 32.1. The van der Waals surface area contributed by atoms with E-state index in [9.17, 15) is 9.59 Å². The largest absolute Gasteiger partial charge is 0.481 e. The van der Waals surface area contributed by atoms with Gasteiger partial charge in [0, 0.05) is 10.8 Å². The molecule has 1 unspecified atom stereocenters. The number of rotatable bonds is 4. The highest BCUT2D eigenvalue weighted by Gasteiger charge is 2.16. The summed E-state index contributed by atoms with van der Waals surface area (Å²) in [5, 5.41) is 15.7. The van der Waals surface area contributed by atoms with Crippen LogP contribution in [0.25, 0.3) is 0 Å². The van der Waals surface area contributed by atoms with Gasteiger partial charge in [0.2, 0.25) is 0 Å². The van der Waals surface area contributed by atoms with E-state index in [1.165, 1.54) is 0 Å². The van der Waals surface area contributed by atoms with E-state index in [-0.39, 0.29) is 12.0 Å². The first-order chi connectivity index (χ1) is 4.95. The van der Waals surface area contributed by atoms with Crippen LogP contribution in [0.4, 0.5) is 0 Å². The second-order valence-electron chi connectivity index (χ2n) is 1.94. The first-order valence-corrected chi connectivity index (χ1v) is 3.28. The summed E-state index contributed by atoms with van der Waals surface area (Å²) >= 11 is 3.74. The van der Waals surface area contributed by atoms with Gasteiger partial charge in [-0.25, -0.2) is 4.79 Å². The molecule has 0 aliphatic heterocycles. The molecular formula is C6H8O4S. The maximum absolute atomic E-state index is 10.2. The quantitative estimate of drug-likeness (QED) is 0.428. The molecule has 4 nitrogen and oxygen atoms in total. The van der Waals surface area contributed by atoms with Gasteiger partial charge in [-0.1, -0.05) is 6.58 Å². The van der Waals surface area contributed by atoms with Gasteiger partial charge in [0.05, 0.1) is 6.42 Å². The minimum atomic E-state index is -1.22. The first-order valence-electron chi connectivity index (χ1n) is 2.77. The third-order valence-electron chi connectivity index (χ3n) is 1.04. The van der Waals surface area contributed by atoms with Gasteiger partial charge in [0.25, 0.3) is 0 Å². The fourth-order valence-corrected chi connectivity index (χ4v) is 0.698. The predicted molar refractivity (Wildman–Crippen MR) is 41.8 cm³/mol. The van der Waals surface area contributed by atoms with Gasteiger partial charge < -0.3 is 10.2 Å². The Balaban J connectivity index is 4.03. The average molecular weight is 176 g/mol. The zero-order valence-corrected chi connectivity index (χ0v) is 6.54. The van der Waals surface area contributed by atoms with E-state index in [2.05, 4.69) is 19.2 Å². The predicted octanol–water partition coefficient (Wildman–Crippen LogP) is 0.400. The van der Waals surface area contributed by atoms with Crippen molar-refractivity contribution in [3.63, 3.8) is 0 Å². The molecule has 5 heteroatoms. The van der Waals surface area contributed by atoms with Crippen molar-refractivity contribution >= 4 is 24.6 Å². The Kier molecular flexibility index (Phi) is 3.67. The molecule has 0 bridgehead atoms. The SMILES string of the molecule is C=C(C(=O)O)C(S)CC(=O)O. The molecule has 62 valence electrons. The van der Waals surface area contributed by atoms with Gasteiger partial charge in [-0.05, 0) is 0 Å². The molecule has 0 aliphatic rings. The molecular weight excluding hydrogens is 168 g/mol. The Morgan fingerprint density at radius 1 is 1.45 bits per heavy atom. The third kappa shape index (κ3) is 3.67. The van der Waals surface area contributed by atoms with Crippen LogP contribution in [-0.2, 0) is 9.59 Å². The Hall–Kier alpha value is -0.970. The fraction of sp³-hybridized carbons (Fsp3) is 0.333. The molecule has 0 fully saturated rings. The van der Waals surface area contributed by atoms with E-state index >= 15 is 0 Å². The van der Waals surface area contributed by atoms with Crippen molar-refractivity contribution in [1.82, 2.24) is 0 Å². The van der Waals surface area contributed by atoms with Gasteiger partial charge >= 0.3 is 11.9 Å². The maximum atomic E-state index is 10.2. The first kappa shape index (κ1) is 10.0. The van der Waals surface area contributed by atoms with Crippen molar-refractivity contribution in [2.24, 2.45) is 0 Å². The minimum Gasteiger partial charge on any atom is -0.481 e. The van der Waals surface area contributed by atoms with Crippen LogP contribution in [0.3, 0.4) is 0 Å². The van der Waals surface area contributed by atoms with Crippen LogP contribution in [0.2, 0.25) is 0 Å². The summed E-state index contributed by atoms with van der Waals surface area (Å²) in [6.07, 6.45) is -0.325. The van der Waals surface area contributed by atoms with E-state index in [1.807, 2.05) is 0 Å². The van der Waals surface area contributed by atoms with Crippen molar-refractivity contribution in [2.75, 3.05) is 0 Å². The van der Waals surface area contributed by atoms with Crippen LogP contribution in [0.5, 0.6) is 0 Å². The second-order valence-corrected chi connectivity index (χ2v) is 2.57. The summed E-state index contributed by atoms with van der Waals surface area (Å²) in [5.41, 5.74) is -0.198. The molecule has 0 aliphatic carbocycles. The molecule has 0 rings (SSSR count). The smallest absolute Gasteiger partial charge is 0.332 e. The molecule has 0 saturated carbocycles. The molecule has 0 radical (unpaired) electrons. The van der Waals surface area contributed by atoms with Crippen LogP contribution in [0, 0.1) is 0 Å². The molecule has 0 aromatic heterocycles. The van der Waals surface area contributed by atoms with Crippen molar-refractivity contribution in [1.29, 1.82) is 0 Å². The zero-order valence-electron chi connectivity index (χ0n) is 5.65. The van der Waals surface area contributed by atoms with Crippen LogP contribution >= 0.6 is 12.6 Å². The van der Waals surface area contributed by atoms with Gasteiger partial charge in [-0.2, -0.15) is 12.6 Å². The Morgan fingerprint density at radius 3 is 2.18 bits per heavy atom. The topological polar surface area (TPSA) is 74.6 Å². The summed E-state index contributed by atoms with van der Waals surface area (Å²) in [6, 6.07) is 0. The highest BCUT2D eigenvalue weighted by Crippen LogP contribution is 2.11. The zero-order chi connectivity index (χ0) is 9.02. The fourth-order valence-electron chi connectivity index (χ4n) is 0.431. The molecule has 1 atom stereocenters.